The van der Waals surface area contributed by atoms with Gasteiger partial charge in [-0.25, -0.2) is 23.2 Å². The summed E-state index contributed by atoms with van der Waals surface area (Å²) >= 11 is 0. The number of tetrazole rings is 1. The van der Waals surface area contributed by atoms with Gasteiger partial charge in [0, 0.05) is 37.8 Å². The monoisotopic (exact) mass is 589 g/mol. The molecule has 4 heterocycles. The van der Waals surface area contributed by atoms with Gasteiger partial charge in [-0.05, 0) is 57.4 Å². The van der Waals surface area contributed by atoms with Gasteiger partial charge in [-0.1, -0.05) is 5.10 Å². The number of halogens is 2. The first-order chi connectivity index (χ1) is 20.2. The second kappa shape index (κ2) is 12.7. The van der Waals surface area contributed by atoms with Gasteiger partial charge in [-0.2, -0.15) is 4.98 Å². The molecular weight excluding hydrogens is 552 g/mol. The van der Waals surface area contributed by atoms with Gasteiger partial charge in [0.1, 0.15) is 18.0 Å². The molecule has 2 aromatic heterocycles. The fourth-order valence-electron chi connectivity index (χ4n) is 5.82. The van der Waals surface area contributed by atoms with Crippen LogP contribution in [0.15, 0.2) is 23.1 Å². The number of aromatic nitrogens is 6. The van der Waals surface area contributed by atoms with Crippen molar-refractivity contribution in [2.24, 2.45) is 7.05 Å². The summed E-state index contributed by atoms with van der Waals surface area (Å²) in [7, 11) is 3.04. The van der Waals surface area contributed by atoms with Crippen molar-refractivity contribution in [2.75, 3.05) is 50.7 Å². The van der Waals surface area contributed by atoms with Crippen LogP contribution in [0.2, 0.25) is 0 Å². The van der Waals surface area contributed by atoms with Gasteiger partial charge in [-0.3, -0.25) is 4.90 Å². The van der Waals surface area contributed by atoms with Crippen LogP contribution in [0, 0.1) is 11.6 Å². The molecule has 5 rings (SSSR count). The number of piperidine rings is 1. The van der Waals surface area contributed by atoms with Gasteiger partial charge >= 0.3 is 5.69 Å². The predicted molar refractivity (Wildman–Crippen MR) is 150 cm³/mol. The number of methoxy groups -OCH3 is 1. The normalized spacial score (nSPS) is 20.0. The van der Waals surface area contributed by atoms with E-state index in [9.17, 15) is 9.18 Å². The first kappa shape index (κ1) is 29.8. The van der Waals surface area contributed by atoms with Crippen LogP contribution >= 0.6 is 0 Å². The molecule has 2 N–H and O–H groups in total. The molecule has 0 unspecified atom stereocenters. The minimum absolute atomic E-state index is 0.00555. The largest absolute Gasteiger partial charge is 0.489 e. The second-order valence-electron chi connectivity index (χ2n) is 11.1. The molecular formula is C27H37F2N9O4. The molecule has 1 aromatic carbocycles. The van der Waals surface area contributed by atoms with Crippen LogP contribution in [-0.4, -0.2) is 92.4 Å². The van der Waals surface area contributed by atoms with E-state index in [1.807, 2.05) is 0 Å². The third-order valence-corrected chi connectivity index (χ3v) is 7.75. The molecule has 2 atom stereocenters. The molecule has 15 heteroatoms. The van der Waals surface area contributed by atoms with Crippen molar-refractivity contribution < 1.29 is 23.0 Å². The van der Waals surface area contributed by atoms with Crippen molar-refractivity contribution in [3.8, 4) is 11.4 Å². The molecule has 42 heavy (non-hydrogen) atoms. The van der Waals surface area contributed by atoms with Crippen molar-refractivity contribution in [3.05, 3.63) is 40.4 Å². The summed E-state index contributed by atoms with van der Waals surface area (Å²) in [6, 6.07) is 3.03. The molecule has 0 amide bonds. The number of hydrogen-bond acceptors (Lipinski definition) is 11. The predicted octanol–water partition coefficient (Wildman–Crippen LogP) is 2.64. The Kier molecular flexibility index (Phi) is 8.99. The summed E-state index contributed by atoms with van der Waals surface area (Å²) in [5.41, 5.74) is -0.414. The highest BCUT2D eigenvalue weighted by atomic mass is 19.1. The second-order valence-corrected chi connectivity index (χ2v) is 11.1. The van der Waals surface area contributed by atoms with Crippen LogP contribution < -0.4 is 21.1 Å². The van der Waals surface area contributed by atoms with E-state index < -0.39 is 17.3 Å². The first-order valence-electron chi connectivity index (χ1n) is 14.0. The zero-order chi connectivity index (χ0) is 29.9. The van der Waals surface area contributed by atoms with E-state index in [0.717, 1.165) is 42.8 Å². The van der Waals surface area contributed by atoms with Crippen molar-refractivity contribution in [1.29, 1.82) is 0 Å². The maximum atomic E-state index is 15.3. The summed E-state index contributed by atoms with van der Waals surface area (Å²) in [5.74, 6) is -1.13. The Morgan fingerprint density at radius 3 is 2.71 bits per heavy atom. The molecule has 13 nitrogen and oxygen atoms in total. The Balaban J connectivity index is 1.36. The van der Waals surface area contributed by atoms with Crippen LogP contribution in [0.25, 0.3) is 5.69 Å². The summed E-state index contributed by atoms with van der Waals surface area (Å²) < 4.78 is 47.4. The summed E-state index contributed by atoms with van der Waals surface area (Å²) in [6.07, 6.45) is 5.07. The van der Waals surface area contributed by atoms with Crippen molar-refractivity contribution in [1.82, 2.24) is 34.7 Å². The summed E-state index contributed by atoms with van der Waals surface area (Å²) in [4.78, 5) is 24.1. The molecule has 2 fully saturated rings. The number of benzene rings is 1. The Hall–Kier alpha value is -3.69. The molecule has 2 aliphatic heterocycles. The van der Waals surface area contributed by atoms with E-state index in [4.69, 9.17) is 14.2 Å². The third kappa shape index (κ3) is 6.52. The van der Waals surface area contributed by atoms with E-state index in [1.165, 1.54) is 24.3 Å². The SMILES string of the molecule is COCCOCCOc1cc(F)c(Nc2ncc(F)c(N[C@@H]3C[C@@H]4CCCN4C(C)(C)C3)n2)cc1-n1nnc(=O)n1C. The molecule has 0 spiro atoms. The molecule has 228 valence electrons. The highest BCUT2D eigenvalue weighted by Gasteiger charge is 2.43. The zero-order valence-corrected chi connectivity index (χ0v) is 24.3. The molecule has 3 aromatic rings. The molecule has 0 radical (unpaired) electrons. The molecule has 0 aliphatic carbocycles. The van der Waals surface area contributed by atoms with Gasteiger partial charge in [0.25, 0.3) is 0 Å². The average Bonchev–Trinajstić information content (AvgIpc) is 3.56. The number of fused-ring (bicyclic) bond motifs is 1. The van der Waals surface area contributed by atoms with Gasteiger partial charge in [0.05, 0.1) is 31.7 Å². The molecule has 2 saturated heterocycles. The van der Waals surface area contributed by atoms with Gasteiger partial charge in [0.2, 0.25) is 5.95 Å². The highest BCUT2D eigenvalue weighted by molar-refractivity contribution is 5.63. The summed E-state index contributed by atoms with van der Waals surface area (Å²) in [6.45, 7) is 6.68. The highest BCUT2D eigenvalue weighted by Crippen LogP contribution is 2.38. The van der Waals surface area contributed by atoms with E-state index in [-0.39, 0.29) is 53.7 Å². The Morgan fingerprint density at radius 1 is 1.14 bits per heavy atom. The lowest BCUT2D eigenvalue weighted by atomic mass is 9.84. The number of anilines is 3. The van der Waals surface area contributed by atoms with Crippen LogP contribution in [0.3, 0.4) is 0 Å². The number of nitrogens with zero attached hydrogens (tertiary/aromatic N) is 7. The zero-order valence-electron chi connectivity index (χ0n) is 24.3. The minimum Gasteiger partial charge on any atom is -0.489 e. The standard InChI is InChI=1S/C27H37F2N9O4/c1-27(2)15-17(12-18-6-5-7-37(18)27)31-24-20(29)16-30-25(33-24)32-21-14-22(38-35-34-26(39)36(38)3)23(13-19(21)28)42-11-10-41-9-8-40-4/h13-14,16-18H,5-12,15H2,1-4H3,(H2,30,31,32,33)/t17-,18+/m1/s1. The van der Waals surface area contributed by atoms with Crippen LogP contribution in [0.4, 0.5) is 26.2 Å². The van der Waals surface area contributed by atoms with Crippen molar-refractivity contribution >= 4 is 17.5 Å². The van der Waals surface area contributed by atoms with E-state index >= 15 is 4.39 Å². The van der Waals surface area contributed by atoms with E-state index in [2.05, 4.69) is 49.7 Å². The Morgan fingerprint density at radius 2 is 1.95 bits per heavy atom. The average molecular weight is 590 g/mol. The quantitative estimate of drug-likeness (QED) is 0.302. The van der Waals surface area contributed by atoms with Gasteiger partial charge in [-0.15, -0.1) is 4.80 Å². The topological polar surface area (TPSA) is 133 Å². The van der Waals surface area contributed by atoms with Crippen LogP contribution in [0.1, 0.15) is 39.5 Å². The smallest absolute Gasteiger partial charge is 0.383 e. The summed E-state index contributed by atoms with van der Waals surface area (Å²) in [5, 5.41) is 13.5. The minimum atomic E-state index is -0.683. The fourth-order valence-corrected chi connectivity index (χ4v) is 5.82. The maximum Gasteiger partial charge on any atom is 0.383 e. The van der Waals surface area contributed by atoms with Gasteiger partial charge < -0.3 is 24.8 Å². The number of rotatable bonds is 12. The lowest BCUT2D eigenvalue weighted by molar-refractivity contribution is 0.0500. The van der Waals surface area contributed by atoms with Crippen LogP contribution in [0.5, 0.6) is 5.75 Å². The lowest BCUT2D eigenvalue weighted by Gasteiger charge is -2.47. The van der Waals surface area contributed by atoms with Gasteiger partial charge in [0.15, 0.2) is 17.5 Å². The third-order valence-electron chi connectivity index (χ3n) is 7.75. The van der Waals surface area contributed by atoms with E-state index in [1.54, 1.807) is 7.11 Å². The van der Waals surface area contributed by atoms with Crippen LogP contribution in [-0.2, 0) is 16.5 Å². The lowest BCUT2D eigenvalue weighted by Crippen LogP contribution is -2.55. The maximum absolute atomic E-state index is 15.3. The fraction of sp³-hybridized carbons (Fsp3) is 0.593. The number of ether oxygens (including phenoxy) is 3. The molecule has 0 saturated carbocycles. The van der Waals surface area contributed by atoms with Crippen molar-refractivity contribution in [3.63, 3.8) is 0 Å². The van der Waals surface area contributed by atoms with E-state index in [0.29, 0.717) is 19.3 Å². The first-order valence-corrected chi connectivity index (χ1v) is 14.0. The number of nitrogens with one attached hydrogen (secondary N) is 2. The molecule has 2 aliphatic rings. The molecule has 0 bridgehead atoms. The Labute approximate surface area is 242 Å². The van der Waals surface area contributed by atoms with Crippen molar-refractivity contribution in [2.45, 2.75) is 57.2 Å². The number of hydrogen-bond donors (Lipinski definition) is 2. The Bertz CT molecular complexity index is 1450.